The minimum Gasteiger partial charge on any atom is -0.395 e. The first-order valence-corrected chi connectivity index (χ1v) is 6.92. The van der Waals surface area contributed by atoms with Crippen molar-refractivity contribution in [1.29, 1.82) is 0 Å². The van der Waals surface area contributed by atoms with E-state index in [1.165, 1.54) is 11.3 Å². The van der Waals surface area contributed by atoms with E-state index in [0.29, 0.717) is 12.5 Å². The highest BCUT2D eigenvalue weighted by molar-refractivity contribution is 7.14. The monoisotopic (exact) mass is 263 g/mol. The summed E-state index contributed by atoms with van der Waals surface area (Å²) in [5, 5.41) is 8.69. The highest BCUT2D eigenvalue weighted by Gasteiger charge is 2.30. The maximum Gasteiger partial charge on any atom is 0.263 e. The molecule has 18 heavy (non-hydrogen) atoms. The summed E-state index contributed by atoms with van der Waals surface area (Å²) in [7, 11) is 1.87. The van der Waals surface area contributed by atoms with Gasteiger partial charge >= 0.3 is 0 Å². The predicted molar refractivity (Wildman–Crippen MR) is 72.8 cm³/mol. The molecule has 3 nitrogen and oxygen atoms in total. The largest absolute Gasteiger partial charge is 0.395 e. The Bertz CT molecular complexity index is 506. The Morgan fingerprint density at radius 1 is 1.61 bits per heavy atom. The summed E-state index contributed by atoms with van der Waals surface area (Å²) >= 11 is 1.45. The third-order valence-electron chi connectivity index (χ3n) is 2.98. The van der Waals surface area contributed by atoms with Gasteiger partial charge < -0.3 is 10.0 Å². The fraction of sp³-hybridized carbons (Fsp3) is 0.500. The molecule has 96 valence electrons. The molecule has 0 atom stereocenters. The van der Waals surface area contributed by atoms with Crippen molar-refractivity contribution < 1.29 is 9.90 Å². The number of aliphatic hydroxyl groups is 1. The summed E-state index contributed by atoms with van der Waals surface area (Å²) in [5.41, 5.74) is 1.04. The van der Waals surface area contributed by atoms with Gasteiger partial charge in [-0.15, -0.1) is 11.3 Å². The zero-order valence-corrected chi connectivity index (χ0v) is 11.5. The molecule has 1 aromatic rings. The Balaban J connectivity index is 2.13. The number of rotatable bonds is 3. The van der Waals surface area contributed by atoms with Crippen LogP contribution in [0.4, 0.5) is 0 Å². The molecule has 0 aromatic carbocycles. The Hall–Kier alpha value is -1.31. The standard InChI is InChI=1S/C14H17NO2S/c1-10-9-13(14(17)15(2)11-6-7-11)18-12(10)5-3-4-8-16/h9,11,16H,4,6-8H2,1-2H3. The van der Waals surface area contributed by atoms with E-state index in [0.717, 1.165) is 28.2 Å². The Morgan fingerprint density at radius 2 is 2.33 bits per heavy atom. The van der Waals surface area contributed by atoms with E-state index in [4.69, 9.17) is 5.11 Å². The lowest BCUT2D eigenvalue weighted by Gasteiger charge is -2.14. The summed E-state index contributed by atoms with van der Waals surface area (Å²) in [6, 6.07) is 2.35. The molecule has 1 fully saturated rings. The molecule has 1 saturated carbocycles. The fourth-order valence-electron chi connectivity index (χ4n) is 1.71. The van der Waals surface area contributed by atoms with Crippen LogP contribution in [0.25, 0.3) is 0 Å². The highest BCUT2D eigenvalue weighted by Crippen LogP contribution is 2.29. The molecule has 1 aliphatic carbocycles. The van der Waals surface area contributed by atoms with E-state index in [-0.39, 0.29) is 12.5 Å². The third-order valence-corrected chi connectivity index (χ3v) is 4.12. The van der Waals surface area contributed by atoms with Crippen molar-refractivity contribution in [2.75, 3.05) is 13.7 Å². The lowest BCUT2D eigenvalue weighted by molar-refractivity contribution is 0.0790. The Kier molecular flexibility index (Phi) is 4.05. The molecule has 2 rings (SSSR count). The van der Waals surface area contributed by atoms with Crippen molar-refractivity contribution in [2.24, 2.45) is 0 Å². The minimum atomic E-state index is 0.0770. The highest BCUT2D eigenvalue weighted by atomic mass is 32.1. The summed E-state index contributed by atoms with van der Waals surface area (Å²) in [5.74, 6) is 6.00. The minimum absolute atomic E-state index is 0.0770. The number of aliphatic hydroxyl groups excluding tert-OH is 1. The van der Waals surface area contributed by atoms with Crippen LogP contribution in [0.15, 0.2) is 6.07 Å². The molecule has 0 saturated heterocycles. The number of aryl methyl sites for hydroxylation is 1. The van der Waals surface area contributed by atoms with Crippen molar-refractivity contribution in [3.63, 3.8) is 0 Å². The lowest BCUT2D eigenvalue weighted by Crippen LogP contribution is -2.27. The Morgan fingerprint density at radius 3 is 2.94 bits per heavy atom. The van der Waals surface area contributed by atoms with Crippen LogP contribution in [-0.4, -0.2) is 35.6 Å². The zero-order chi connectivity index (χ0) is 13.1. The average Bonchev–Trinajstić information content (AvgIpc) is 3.13. The first kappa shape index (κ1) is 13.1. The average molecular weight is 263 g/mol. The van der Waals surface area contributed by atoms with Crippen molar-refractivity contribution in [3.8, 4) is 11.8 Å². The predicted octanol–water partition coefficient (Wildman–Crippen LogP) is 2.02. The third kappa shape index (κ3) is 2.92. The van der Waals surface area contributed by atoms with Crippen molar-refractivity contribution in [3.05, 3.63) is 21.4 Å². The molecule has 1 N–H and O–H groups in total. The maximum atomic E-state index is 12.2. The summed E-state index contributed by atoms with van der Waals surface area (Å²) in [6.45, 7) is 2.04. The molecule has 1 aromatic heterocycles. The van der Waals surface area contributed by atoms with E-state index >= 15 is 0 Å². The van der Waals surface area contributed by atoms with Crippen LogP contribution in [0.2, 0.25) is 0 Å². The number of carbonyl (C=O) groups is 1. The normalized spacial score (nSPS) is 13.9. The van der Waals surface area contributed by atoms with Gasteiger partial charge in [-0.1, -0.05) is 11.8 Å². The first-order chi connectivity index (χ1) is 8.63. The van der Waals surface area contributed by atoms with Crippen LogP contribution < -0.4 is 0 Å². The van der Waals surface area contributed by atoms with Gasteiger partial charge in [-0.3, -0.25) is 4.79 Å². The molecule has 1 heterocycles. The zero-order valence-electron chi connectivity index (χ0n) is 10.7. The molecule has 0 bridgehead atoms. The molecule has 0 aliphatic heterocycles. The number of carbonyl (C=O) groups excluding carboxylic acids is 1. The second-order valence-corrected chi connectivity index (χ2v) is 5.60. The van der Waals surface area contributed by atoms with Crippen LogP contribution in [0.3, 0.4) is 0 Å². The van der Waals surface area contributed by atoms with E-state index in [1.807, 2.05) is 24.9 Å². The number of hydrogen-bond acceptors (Lipinski definition) is 3. The lowest BCUT2D eigenvalue weighted by atomic mass is 10.2. The maximum absolute atomic E-state index is 12.2. The quantitative estimate of drug-likeness (QED) is 0.848. The molecule has 0 spiro atoms. The molecular weight excluding hydrogens is 246 g/mol. The van der Waals surface area contributed by atoms with Crippen LogP contribution in [0.5, 0.6) is 0 Å². The SMILES string of the molecule is Cc1cc(C(=O)N(C)C2CC2)sc1C#CCCO. The van der Waals surface area contributed by atoms with Gasteiger partial charge in [-0.25, -0.2) is 0 Å². The van der Waals surface area contributed by atoms with Crippen molar-refractivity contribution >= 4 is 17.2 Å². The van der Waals surface area contributed by atoms with Gasteiger partial charge in [-0.2, -0.15) is 0 Å². The number of amides is 1. The van der Waals surface area contributed by atoms with Gasteiger partial charge in [0.2, 0.25) is 0 Å². The van der Waals surface area contributed by atoms with Gasteiger partial charge in [0.05, 0.1) is 16.4 Å². The van der Waals surface area contributed by atoms with E-state index < -0.39 is 0 Å². The molecule has 1 aliphatic rings. The van der Waals surface area contributed by atoms with Crippen molar-refractivity contribution in [1.82, 2.24) is 4.90 Å². The van der Waals surface area contributed by atoms with Gasteiger partial charge in [0, 0.05) is 19.5 Å². The smallest absolute Gasteiger partial charge is 0.263 e. The molecule has 1 amide bonds. The molecular formula is C14H17NO2S. The van der Waals surface area contributed by atoms with Gasteiger partial charge in [0.25, 0.3) is 5.91 Å². The van der Waals surface area contributed by atoms with Crippen LogP contribution in [0, 0.1) is 18.8 Å². The van der Waals surface area contributed by atoms with Crippen molar-refractivity contribution in [2.45, 2.75) is 32.2 Å². The molecule has 4 heteroatoms. The first-order valence-electron chi connectivity index (χ1n) is 6.11. The van der Waals surface area contributed by atoms with Gasteiger partial charge in [-0.05, 0) is 31.4 Å². The van der Waals surface area contributed by atoms with Crippen LogP contribution in [-0.2, 0) is 0 Å². The molecule has 0 radical (unpaired) electrons. The van der Waals surface area contributed by atoms with E-state index in [2.05, 4.69) is 11.8 Å². The molecule has 0 unspecified atom stereocenters. The number of nitrogens with zero attached hydrogens (tertiary/aromatic N) is 1. The summed E-state index contributed by atoms with van der Waals surface area (Å²) in [4.78, 5) is 15.7. The Labute approximate surface area is 111 Å². The summed E-state index contributed by atoms with van der Waals surface area (Å²) in [6.07, 6.45) is 2.72. The number of hydrogen-bond donors (Lipinski definition) is 1. The second-order valence-electron chi connectivity index (χ2n) is 4.55. The fourth-order valence-corrected chi connectivity index (χ4v) is 2.74. The number of thiophene rings is 1. The van der Waals surface area contributed by atoms with Crippen LogP contribution >= 0.6 is 11.3 Å². The second kappa shape index (κ2) is 5.55. The van der Waals surface area contributed by atoms with E-state index in [1.54, 1.807) is 0 Å². The summed E-state index contributed by atoms with van der Waals surface area (Å²) < 4.78 is 0. The van der Waals surface area contributed by atoms with Gasteiger partial charge in [0.15, 0.2) is 0 Å². The van der Waals surface area contributed by atoms with E-state index in [9.17, 15) is 4.79 Å². The van der Waals surface area contributed by atoms with Gasteiger partial charge in [0.1, 0.15) is 0 Å². The van der Waals surface area contributed by atoms with Crippen LogP contribution in [0.1, 0.15) is 39.4 Å². The topological polar surface area (TPSA) is 40.5 Å².